The molecule has 22 heavy (non-hydrogen) atoms. The summed E-state index contributed by atoms with van der Waals surface area (Å²) in [6.45, 7) is 3.19. The average Bonchev–Trinajstić information content (AvgIpc) is 2.50. The molecule has 1 N–H and O–H groups in total. The predicted molar refractivity (Wildman–Crippen MR) is 83.7 cm³/mol. The lowest BCUT2D eigenvalue weighted by Gasteiger charge is -2.33. The van der Waals surface area contributed by atoms with Crippen LogP contribution in [0.1, 0.15) is 43.0 Å². The van der Waals surface area contributed by atoms with Crippen LogP contribution in [0.2, 0.25) is 0 Å². The van der Waals surface area contributed by atoms with E-state index in [1.54, 1.807) is 7.05 Å². The van der Waals surface area contributed by atoms with Crippen LogP contribution < -0.4 is 10.9 Å². The van der Waals surface area contributed by atoms with Crippen LogP contribution >= 0.6 is 0 Å². The number of nitrogens with zero attached hydrogens (tertiary/aromatic N) is 2. The molecule has 120 valence electrons. The van der Waals surface area contributed by atoms with Crippen molar-refractivity contribution in [1.29, 1.82) is 0 Å². The van der Waals surface area contributed by atoms with E-state index in [1.807, 2.05) is 4.90 Å². The van der Waals surface area contributed by atoms with Crippen LogP contribution in [0, 0.1) is 0 Å². The molecular formula is C16H23N3O3. The van der Waals surface area contributed by atoms with Crippen LogP contribution in [0.4, 0.5) is 0 Å². The smallest absolute Gasteiger partial charge is 0.252 e. The molecule has 0 aliphatic carbocycles. The molecule has 0 radical (unpaired) electrons. The van der Waals surface area contributed by atoms with Crippen molar-refractivity contribution >= 4 is 11.8 Å². The second-order valence-corrected chi connectivity index (χ2v) is 5.80. The molecule has 1 aliphatic rings. The largest absolute Gasteiger partial charge is 0.351 e. The Morgan fingerprint density at radius 3 is 2.77 bits per heavy atom. The lowest BCUT2D eigenvalue weighted by molar-refractivity contribution is -0.134. The molecule has 1 atom stereocenters. The van der Waals surface area contributed by atoms with Gasteiger partial charge >= 0.3 is 0 Å². The van der Waals surface area contributed by atoms with Crippen molar-refractivity contribution in [2.24, 2.45) is 7.05 Å². The minimum absolute atomic E-state index is 0.0907. The maximum Gasteiger partial charge on any atom is 0.252 e. The monoisotopic (exact) mass is 305 g/mol. The number of carbonyl (C=O) groups is 2. The van der Waals surface area contributed by atoms with Crippen LogP contribution in [-0.2, 0) is 11.8 Å². The molecule has 1 aliphatic heterocycles. The first kappa shape index (κ1) is 16.3. The number of piperidine rings is 1. The minimum atomic E-state index is -0.268. The molecule has 2 heterocycles. The summed E-state index contributed by atoms with van der Waals surface area (Å²) in [5, 5.41) is 2.73. The highest BCUT2D eigenvalue weighted by atomic mass is 16.2. The maximum atomic E-state index is 12.2. The third kappa shape index (κ3) is 3.96. The van der Waals surface area contributed by atoms with Crippen molar-refractivity contribution in [3.05, 3.63) is 34.2 Å². The highest BCUT2D eigenvalue weighted by molar-refractivity contribution is 5.94. The number of pyridine rings is 1. The molecule has 2 amide bonds. The van der Waals surface area contributed by atoms with Gasteiger partial charge in [-0.25, -0.2) is 0 Å². The molecule has 0 saturated carbocycles. The third-order valence-corrected chi connectivity index (χ3v) is 4.10. The minimum Gasteiger partial charge on any atom is -0.351 e. The van der Waals surface area contributed by atoms with E-state index in [0.29, 0.717) is 24.6 Å². The second kappa shape index (κ2) is 7.24. The van der Waals surface area contributed by atoms with Crippen molar-refractivity contribution in [2.45, 2.75) is 38.6 Å². The average molecular weight is 305 g/mol. The fourth-order valence-corrected chi connectivity index (χ4v) is 2.73. The lowest BCUT2D eigenvalue weighted by atomic mass is 10.0. The van der Waals surface area contributed by atoms with Gasteiger partial charge < -0.3 is 14.8 Å². The van der Waals surface area contributed by atoms with Crippen molar-refractivity contribution in [3.8, 4) is 0 Å². The molecule has 0 bridgehead atoms. The van der Waals surface area contributed by atoms with E-state index in [9.17, 15) is 14.4 Å². The van der Waals surface area contributed by atoms with Gasteiger partial charge in [0.25, 0.3) is 5.91 Å². The van der Waals surface area contributed by atoms with E-state index in [4.69, 9.17) is 0 Å². The zero-order chi connectivity index (χ0) is 16.1. The Morgan fingerprint density at radius 1 is 1.32 bits per heavy atom. The normalized spacial score (nSPS) is 18.1. The fourth-order valence-electron chi connectivity index (χ4n) is 2.73. The Bertz CT molecular complexity index is 609. The molecule has 1 aromatic rings. The summed E-state index contributed by atoms with van der Waals surface area (Å²) < 4.78 is 1.36. The molecule has 1 aromatic heterocycles. The van der Waals surface area contributed by atoms with E-state index < -0.39 is 0 Å². The number of likely N-dealkylation sites (tertiary alicyclic amines) is 1. The molecule has 1 fully saturated rings. The number of aromatic nitrogens is 1. The SMILES string of the molecule is C[C@@H]1CCCCN1C(=O)CCNC(=O)c1ccc(=O)n(C)c1. The van der Waals surface area contributed by atoms with Crippen molar-refractivity contribution in [3.63, 3.8) is 0 Å². The van der Waals surface area contributed by atoms with Crippen LogP contribution in [0.15, 0.2) is 23.1 Å². The third-order valence-electron chi connectivity index (χ3n) is 4.10. The number of hydrogen-bond donors (Lipinski definition) is 1. The number of rotatable bonds is 4. The van der Waals surface area contributed by atoms with Crippen LogP contribution in [0.3, 0.4) is 0 Å². The number of hydrogen-bond acceptors (Lipinski definition) is 3. The van der Waals surface area contributed by atoms with Gasteiger partial charge in [-0.1, -0.05) is 0 Å². The maximum absolute atomic E-state index is 12.2. The summed E-state index contributed by atoms with van der Waals surface area (Å²) in [6, 6.07) is 3.14. The van der Waals surface area contributed by atoms with E-state index in [2.05, 4.69) is 12.2 Å². The molecule has 0 aromatic carbocycles. The Morgan fingerprint density at radius 2 is 2.09 bits per heavy atom. The van der Waals surface area contributed by atoms with Crippen LogP contribution in [0.25, 0.3) is 0 Å². The summed E-state index contributed by atoms with van der Waals surface area (Å²) in [5.41, 5.74) is 0.256. The highest BCUT2D eigenvalue weighted by Gasteiger charge is 2.22. The number of amides is 2. The standard InChI is InChI=1S/C16H23N3O3/c1-12-5-3-4-10-19(12)15(21)8-9-17-16(22)13-6-7-14(20)18(2)11-13/h6-7,11-12H,3-5,8-10H2,1-2H3,(H,17,22)/t12-/m1/s1. The molecule has 1 saturated heterocycles. The van der Waals surface area contributed by atoms with Gasteiger partial charge in [-0.3, -0.25) is 14.4 Å². The number of aryl methyl sites for hydroxylation is 1. The Kier molecular flexibility index (Phi) is 5.35. The quantitative estimate of drug-likeness (QED) is 0.898. The zero-order valence-electron chi connectivity index (χ0n) is 13.2. The van der Waals surface area contributed by atoms with Gasteiger partial charge in [0, 0.05) is 44.9 Å². The summed E-state index contributed by atoms with van der Waals surface area (Å²) in [6.07, 6.45) is 5.08. The molecule has 6 heteroatoms. The van der Waals surface area contributed by atoms with Gasteiger partial charge in [0.15, 0.2) is 0 Å². The molecule has 0 unspecified atom stereocenters. The summed E-state index contributed by atoms with van der Waals surface area (Å²) in [7, 11) is 1.60. The number of carbonyl (C=O) groups excluding carboxylic acids is 2. The molecule has 6 nitrogen and oxygen atoms in total. The van der Waals surface area contributed by atoms with Gasteiger partial charge in [0.05, 0.1) is 5.56 Å². The van der Waals surface area contributed by atoms with Gasteiger partial charge in [-0.05, 0) is 32.3 Å². The topological polar surface area (TPSA) is 71.4 Å². The van der Waals surface area contributed by atoms with E-state index in [1.165, 1.54) is 29.3 Å². The van der Waals surface area contributed by atoms with Gasteiger partial charge in [-0.15, -0.1) is 0 Å². The first-order valence-corrected chi connectivity index (χ1v) is 7.73. The fraction of sp³-hybridized carbons (Fsp3) is 0.562. The van der Waals surface area contributed by atoms with E-state index in [-0.39, 0.29) is 17.4 Å². The van der Waals surface area contributed by atoms with Crippen LogP contribution in [-0.4, -0.2) is 40.4 Å². The Balaban J connectivity index is 1.82. The van der Waals surface area contributed by atoms with E-state index >= 15 is 0 Å². The Labute approximate surface area is 130 Å². The first-order valence-electron chi connectivity index (χ1n) is 7.73. The lowest BCUT2D eigenvalue weighted by Crippen LogP contribution is -2.43. The van der Waals surface area contributed by atoms with Gasteiger partial charge in [0.2, 0.25) is 11.5 Å². The summed E-state index contributed by atoms with van der Waals surface area (Å²) in [5.74, 6) is -0.178. The van der Waals surface area contributed by atoms with Crippen LogP contribution in [0.5, 0.6) is 0 Å². The molecular weight excluding hydrogens is 282 g/mol. The second-order valence-electron chi connectivity index (χ2n) is 5.80. The van der Waals surface area contributed by atoms with E-state index in [0.717, 1.165) is 19.4 Å². The van der Waals surface area contributed by atoms with Crippen molar-refractivity contribution in [2.75, 3.05) is 13.1 Å². The summed E-state index contributed by atoms with van der Waals surface area (Å²) in [4.78, 5) is 37.3. The van der Waals surface area contributed by atoms with Crippen molar-refractivity contribution in [1.82, 2.24) is 14.8 Å². The molecule has 0 spiro atoms. The Hall–Kier alpha value is -2.11. The predicted octanol–water partition coefficient (Wildman–Crippen LogP) is 0.906. The zero-order valence-corrected chi connectivity index (χ0v) is 13.2. The summed E-state index contributed by atoms with van der Waals surface area (Å²) >= 11 is 0. The molecule has 2 rings (SSSR count). The first-order chi connectivity index (χ1) is 10.5. The van der Waals surface area contributed by atoms with Crippen molar-refractivity contribution < 1.29 is 9.59 Å². The highest BCUT2D eigenvalue weighted by Crippen LogP contribution is 2.16. The number of nitrogens with one attached hydrogen (secondary N) is 1. The van der Waals surface area contributed by atoms with Gasteiger partial charge in [0.1, 0.15) is 0 Å². The van der Waals surface area contributed by atoms with Gasteiger partial charge in [-0.2, -0.15) is 0 Å².